The summed E-state index contributed by atoms with van der Waals surface area (Å²) in [7, 11) is 0. The molecule has 50 heavy (non-hydrogen) atoms. The van der Waals surface area contributed by atoms with Gasteiger partial charge in [0.1, 0.15) is 0 Å². The van der Waals surface area contributed by atoms with Crippen molar-refractivity contribution in [2.24, 2.45) is 0 Å². The number of hydrogen-bond donors (Lipinski definition) is 0. The minimum atomic E-state index is -0.555. The molecule has 1 aliphatic carbocycles. The largest absolute Gasteiger partial charge is 0.311 e. The summed E-state index contributed by atoms with van der Waals surface area (Å²) in [5.74, 6) is 0. The lowest BCUT2D eigenvalue weighted by molar-refractivity contribution is 0.752. The molecule has 1 aliphatic rings. The highest BCUT2D eigenvalue weighted by Gasteiger charge is 2.43. The van der Waals surface area contributed by atoms with Crippen molar-refractivity contribution in [2.75, 3.05) is 4.90 Å². The fourth-order valence-corrected chi connectivity index (χ4v) is 8.00. The average Bonchev–Trinajstić information content (AvgIpc) is 3.31. The summed E-state index contributed by atoms with van der Waals surface area (Å²) in [6, 6.07) is 77.3. The molecule has 0 N–H and O–H groups in total. The van der Waals surface area contributed by atoms with Gasteiger partial charge in [0.25, 0.3) is 0 Å². The minimum absolute atomic E-state index is 0.555. The van der Waals surface area contributed by atoms with Crippen molar-refractivity contribution in [2.45, 2.75) is 5.41 Å². The molecule has 0 aromatic heterocycles. The summed E-state index contributed by atoms with van der Waals surface area (Å²) in [6.07, 6.45) is 0. The van der Waals surface area contributed by atoms with Crippen molar-refractivity contribution in [3.8, 4) is 33.4 Å². The normalized spacial score (nSPS) is 12.6. The Balaban J connectivity index is 1.24. The van der Waals surface area contributed by atoms with Crippen LogP contribution in [0.15, 0.2) is 212 Å². The third-order valence-corrected chi connectivity index (χ3v) is 10.2. The number of nitrogens with zero attached hydrogens (tertiary/aromatic N) is 1. The molecule has 1 heteroatoms. The molecule has 0 saturated heterocycles. The summed E-state index contributed by atoms with van der Waals surface area (Å²) >= 11 is 0. The topological polar surface area (TPSA) is 3.24 Å². The van der Waals surface area contributed by atoms with E-state index in [4.69, 9.17) is 0 Å². The lowest BCUT2D eigenvalue weighted by Crippen LogP contribution is -2.31. The maximum atomic E-state index is 2.41. The van der Waals surface area contributed by atoms with Crippen LogP contribution in [0.2, 0.25) is 0 Å². The fraction of sp³-hybridized carbons (Fsp3) is 0.0204. The van der Waals surface area contributed by atoms with E-state index in [-0.39, 0.29) is 0 Å². The summed E-state index contributed by atoms with van der Waals surface area (Å²) in [4.78, 5) is 2.31. The van der Waals surface area contributed by atoms with E-state index in [1.165, 1.54) is 55.6 Å². The molecule has 0 saturated carbocycles. The van der Waals surface area contributed by atoms with E-state index in [1.807, 2.05) is 0 Å². The van der Waals surface area contributed by atoms with Crippen LogP contribution in [0.3, 0.4) is 0 Å². The van der Waals surface area contributed by atoms with E-state index in [2.05, 4.69) is 217 Å². The van der Waals surface area contributed by atoms with Gasteiger partial charge < -0.3 is 4.90 Å². The van der Waals surface area contributed by atoms with Gasteiger partial charge >= 0.3 is 0 Å². The van der Waals surface area contributed by atoms with Gasteiger partial charge in [-0.2, -0.15) is 0 Å². The van der Waals surface area contributed by atoms with Gasteiger partial charge in [0, 0.05) is 17.1 Å². The predicted molar refractivity (Wildman–Crippen MR) is 209 cm³/mol. The van der Waals surface area contributed by atoms with Gasteiger partial charge in [-0.15, -0.1) is 0 Å². The summed E-state index contributed by atoms with van der Waals surface area (Å²) in [6.45, 7) is 0. The second-order valence-electron chi connectivity index (χ2n) is 12.9. The van der Waals surface area contributed by atoms with E-state index >= 15 is 0 Å². The number of hydrogen-bond acceptors (Lipinski definition) is 1. The smallest absolute Gasteiger partial charge is 0.0713 e. The van der Waals surface area contributed by atoms with Crippen LogP contribution < -0.4 is 4.90 Å². The van der Waals surface area contributed by atoms with E-state index < -0.39 is 5.41 Å². The number of fused-ring (bicyclic) bond motifs is 5. The third-order valence-electron chi connectivity index (χ3n) is 10.2. The van der Waals surface area contributed by atoms with E-state index in [9.17, 15) is 0 Å². The van der Waals surface area contributed by atoms with Crippen LogP contribution in [-0.2, 0) is 5.41 Å². The molecular formula is C49H35N. The number of benzene rings is 8. The molecule has 0 heterocycles. The first kappa shape index (κ1) is 29.7. The summed E-state index contributed by atoms with van der Waals surface area (Å²) < 4.78 is 0. The SMILES string of the molecule is c1ccc(N(c2ccccc2)c2ccc(-c3cccc(C4(c5ccccc5)c5ccccc5-c5ccccc5-c5ccccc54)c3)cc2)cc1. The molecule has 0 radical (unpaired) electrons. The van der Waals surface area contributed by atoms with E-state index in [0.717, 1.165) is 17.1 Å². The molecule has 0 unspecified atom stereocenters. The van der Waals surface area contributed by atoms with Gasteiger partial charge in [0.05, 0.1) is 5.41 Å². The fourth-order valence-electron chi connectivity index (χ4n) is 8.00. The zero-order chi connectivity index (χ0) is 33.3. The second kappa shape index (κ2) is 12.5. The molecule has 1 nitrogen and oxygen atoms in total. The van der Waals surface area contributed by atoms with Crippen LogP contribution in [0, 0.1) is 0 Å². The Hall–Kier alpha value is -6.44. The van der Waals surface area contributed by atoms with Crippen LogP contribution in [0.25, 0.3) is 33.4 Å². The lowest BCUT2D eigenvalue weighted by atomic mass is 9.63. The first-order valence-electron chi connectivity index (χ1n) is 17.3. The van der Waals surface area contributed by atoms with Crippen LogP contribution in [0.1, 0.15) is 22.3 Å². The van der Waals surface area contributed by atoms with Crippen LogP contribution in [-0.4, -0.2) is 0 Å². The molecule has 0 aliphatic heterocycles. The molecule has 0 bridgehead atoms. The molecular weight excluding hydrogens is 603 g/mol. The highest BCUT2D eigenvalue weighted by molar-refractivity contribution is 5.92. The Labute approximate surface area is 294 Å². The van der Waals surface area contributed by atoms with Crippen molar-refractivity contribution < 1.29 is 0 Å². The Bertz CT molecular complexity index is 2310. The number of para-hydroxylation sites is 2. The zero-order valence-corrected chi connectivity index (χ0v) is 27.7. The molecule has 236 valence electrons. The minimum Gasteiger partial charge on any atom is -0.311 e. The quantitative estimate of drug-likeness (QED) is 0.175. The first-order chi connectivity index (χ1) is 24.8. The number of rotatable bonds is 6. The van der Waals surface area contributed by atoms with Gasteiger partial charge in [0.15, 0.2) is 0 Å². The van der Waals surface area contributed by atoms with Crippen LogP contribution in [0.5, 0.6) is 0 Å². The van der Waals surface area contributed by atoms with Gasteiger partial charge in [0.2, 0.25) is 0 Å². The van der Waals surface area contributed by atoms with E-state index in [0.29, 0.717) is 0 Å². The van der Waals surface area contributed by atoms with Crippen molar-refractivity contribution in [3.05, 3.63) is 235 Å². The Morgan fingerprint density at radius 2 is 0.700 bits per heavy atom. The van der Waals surface area contributed by atoms with Crippen molar-refractivity contribution >= 4 is 17.1 Å². The highest BCUT2D eigenvalue weighted by atomic mass is 15.1. The Morgan fingerprint density at radius 1 is 0.280 bits per heavy atom. The molecule has 0 fully saturated rings. The lowest BCUT2D eigenvalue weighted by Gasteiger charge is -2.38. The maximum absolute atomic E-state index is 2.41. The Kier molecular flexibility index (Phi) is 7.44. The summed E-state index contributed by atoms with van der Waals surface area (Å²) in [5, 5.41) is 0. The average molecular weight is 638 g/mol. The van der Waals surface area contributed by atoms with Crippen molar-refractivity contribution in [1.29, 1.82) is 0 Å². The first-order valence-corrected chi connectivity index (χ1v) is 17.3. The van der Waals surface area contributed by atoms with Crippen molar-refractivity contribution in [1.82, 2.24) is 0 Å². The van der Waals surface area contributed by atoms with Gasteiger partial charge in [-0.1, -0.05) is 170 Å². The monoisotopic (exact) mass is 637 g/mol. The summed E-state index contributed by atoms with van der Waals surface area (Å²) in [5.41, 5.74) is 15.3. The maximum Gasteiger partial charge on any atom is 0.0713 e. The standard InChI is InChI=1S/C49H35N/c1-4-18-38(19-5-1)49(47-29-14-12-27-45(47)43-25-10-11-26-44(43)46-28-13-15-30-48(46)49)39-20-16-17-37(35-39)36-31-33-42(34-32-36)50(40-21-6-2-7-22-40)41-23-8-3-9-24-41/h1-35H. The molecule has 8 aromatic rings. The molecule has 8 aromatic carbocycles. The second-order valence-corrected chi connectivity index (χ2v) is 12.9. The van der Waals surface area contributed by atoms with Crippen molar-refractivity contribution in [3.63, 3.8) is 0 Å². The molecule has 0 amide bonds. The van der Waals surface area contributed by atoms with Crippen LogP contribution in [0.4, 0.5) is 17.1 Å². The highest BCUT2D eigenvalue weighted by Crippen LogP contribution is 2.55. The predicted octanol–water partition coefficient (Wildman–Crippen LogP) is 12.9. The van der Waals surface area contributed by atoms with Gasteiger partial charge in [-0.05, 0) is 98.1 Å². The van der Waals surface area contributed by atoms with Crippen LogP contribution >= 0.6 is 0 Å². The Morgan fingerprint density at radius 3 is 1.24 bits per heavy atom. The molecule has 0 spiro atoms. The number of anilines is 3. The molecule has 0 atom stereocenters. The van der Waals surface area contributed by atoms with E-state index in [1.54, 1.807) is 0 Å². The van der Waals surface area contributed by atoms with Gasteiger partial charge in [-0.25, -0.2) is 0 Å². The van der Waals surface area contributed by atoms with Gasteiger partial charge in [-0.3, -0.25) is 0 Å². The zero-order valence-electron chi connectivity index (χ0n) is 27.7. The third kappa shape index (κ3) is 4.86. The molecule has 9 rings (SSSR count).